The van der Waals surface area contributed by atoms with Gasteiger partial charge in [0.05, 0.1) is 0 Å². The fourth-order valence-corrected chi connectivity index (χ4v) is 3.66. The van der Waals surface area contributed by atoms with Crippen molar-refractivity contribution >= 4 is 18.0 Å². The number of carbonyl (C=O) groups excluding carboxylic acids is 2. The van der Waals surface area contributed by atoms with Crippen LogP contribution in [-0.2, 0) is 14.3 Å². The summed E-state index contributed by atoms with van der Waals surface area (Å²) < 4.78 is 5.40. The van der Waals surface area contributed by atoms with Gasteiger partial charge in [-0.25, -0.2) is 4.79 Å². The largest absolute Gasteiger partial charge is 0.481 e. The lowest BCUT2D eigenvalue weighted by molar-refractivity contribution is -0.138. The second kappa shape index (κ2) is 8.73. The maximum absolute atomic E-state index is 12.5. The third-order valence-corrected chi connectivity index (χ3v) is 5.16. The quantitative estimate of drug-likeness (QED) is 0.824. The second-order valence-electron chi connectivity index (χ2n) is 8.54. The van der Waals surface area contributed by atoms with Crippen molar-refractivity contribution < 1.29 is 24.2 Å². The molecule has 2 saturated heterocycles. The topological polar surface area (TPSA) is 87.2 Å². The second-order valence-corrected chi connectivity index (χ2v) is 8.54. The van der Waals surface area contributed by atoms with Crippen LogP contribution in [0.5, 0.6) is 0 Å². The Balaban J connectivity index is 1.70. The number of nitrogens with zero attached hydrogens (tertiary/aromatic N) is 2. The van der Waals surface area contributed by atoms with Crippen LogP contribution in [0.2, 0.25) is 0 Å². The molecule has 26 heavy (non-hydrogen) atoms. The van der Waals surface area contributed by atoms with Gasteiger partial charge in [0.2, 0.25) is 5.91 Å². The van der Waals surface area contributed by atoms with E-state index in [4.69, 9.17) is 9.84 Å². The molecule has 2 rings (SSSR count). The molecule has 148 valence electrons. The van der Waals surface area contributed by atoms with E-state index < -0.39 is 11.6 Å². The smallest absolute Gasteiger partial charge is 0.410 e. The van der Waals surface area contributed by atoms with Crippen molar-refractivity contribution in [3.05, 3.63) is 0 Å². The van der Waals surface area contributed by atoms with Crippen molar-refractivity contribution in [1.29, 1.82) is 0 Å². The van der Waals surface area contributed by atoms with Crippen molar-refractivity contribution in [2.45, 2.75) is 64.9 Å². The van der Waals surface area contributed by atoms with E-state index in [1.54, 1.807) is 4.90 Å². The average Bonchev–Trinajstić information content (AvgIpc) is 2.54. The Kier molecular flexibility index (Phi) is 6.89. The van der Waals surface area contributed by atoms with Crippen LogP contribution in [0.3, 0.4) is 0 Å². The number of likely N-dealkylation sites (tertiary alicyclic amines) is 2. The minimum absolute atomic E-state index is 0.162. The number of piperidine rings is 2. The van der Waals surface area contributed by atoms with Crippen molar-refractivity contribution in [2.24, 2.45) is 11.8 Å². The molecule has 0 aromatic carbocycles. The Labute approximate surface area is 155 Å². The molecule has 2 heterocycles. The summed E-state index contributed by atoms with van der Waals surface area (Å²) in [5.74, 6) is -0.104. The van der Waals surface area contributed by atoms with Crippen LogP contribution in [-0.4, -0.2) is 64.7 Å². The van der Waals surface area contributed by atoms with Gasteiger partial charge in [-0.05, 0) is 58.3 Å². The molecule has 0 bridgehead atoms. The molecule has 0 saturated carbocycles. The summed E-state index contributed by atoms with van der Waals surface area (Å²) in [6.45, 7) is 8.16. The van der Waals surface area contributed by atoms with E-state index in [1.165, 1.54) is 0 Å². The lowest BCUT2D eigenvalue weighted by Gasteiger charge is -2.35. The number of carboxylic acid groups (broad SMARTS) is 1. The van der Waals surface area contributed by atoms with Gasteiger partial charge in [0.1, 0.15) is 5.60 Å². The van der Waals surface area contributed by atoms with Crippen molar-refractivity contribution in [3.63, 3.8) is 0 Å². The maximum atomic E-state index is 12.5. The molecule has 0 atom stereocenters. The number of carboxylic acids is 1. The Morgan fingerprint density at radius 1 is 0.885 bits per heavy atom. The maximum Gasteiger partial charge on any atom is 0.410 e. The van der Waals surface area contributed by atoms with Crippen molar-refractivity contribution in [1.82, 2.24) is 9.80 Å². The highest BCUT2D eigenvalue weighted by Crippen LogP contribution is 2.25. The molecular weight excluding hydrogens is 336 g/mol. The molecule has 0 aliphatic carbocycles. The first-order valence-corrected chi connectivity index (χ1v) is 9.61. The van der Waals surface area contributed by atoms with Crippen molar-refractivity contribution in [2.75, 3.05) is 26.2 Å². The van der Waals surface area contributed by atoms with Crippen LogP contribution in [0.25, 0.3) is 0 Å². The van der Waals surface area contributed by atoms with Crippen LogP contribution in [0.15, 0.2) is 0 Å². The number of hydrogen-bond acceptors (Lipinski definition) is 4. The molecule has 0 unspecified atom stereocenters. The average molecular weight is 368 g/mol. The lowest BCUT2D eigenvalue weighted by Crippen LogP contribution is -2.43. The molecule has 1 N–H and O–H groups in total. The van der Waals surface area contributed by atoms with E-state index in [0.29, 0.717) is 38.5 Å². The molecule has 7 heteroatoms. The molecule has 2 fully saturated rings. The number of ether oxygens (including phenoxy) is 1. The Hall–Kier alpha value is -1.79. The van der Waals surface area contributed by atoms with Gasteiger partial charge in [0, 0.05) is 39.0 Å². The van der Waals surface area contributed by atoms with Gasteiger partial charge in [-0.1, -0.05) is 0 Å². The van der Waals surface area contributed by atoms with Crippen LogP contribution >= 0.6 is 0 Å². The number of aliphatic carboxylic acids is 1. The first-order chi connectivity index (χ1) is 12.1. The van der Waals surface area contributed by atoms with Crippen LogP contribution in [0, 0.1) is 11.8 Å². The third-order valence-electron chi connectivity index (χ3n) is 5.16. The summed E-state index contributed by atoms with van der Waals surface area (Å²) in [4.78, 5) is 39.0. The van der Waals surface area contributed by atoms with Gasteiger partial charge in [-0.15, -0.1) is 0 Å². The summed E-state index contributed by atoms with van der Waals surface area (Å²) in [6, 6.07) is 0. The van der Waals surface area contributed by atoms with Crippen molar-refractivity contribution in [3.8, 4) is 0 Å². The highest BCUT2D eigenvalue weighted by atomic mass is 16.6. The fraction of sp³-hybridized carbons (Fsp3) is 0.842. The molecule has 7 nitrogen and oxygen atoms in total. The fourth-order valence-electron chi connectivity index (χ4n) is 3.66. The van der Waals surface area contributed by atoms with Crippen LogP contribution in [0.4, 0.5) is 4.79 Å². The van der Waals surface area contributed by atoms with Gasteiger partial charge >= 0.3 is 12.1 Å². The van der Waals surface area contributed by atoms with Gasteiger partial charge in [0.15, 0.2) is 0 Å². The lowest BCUT2D eigenvalue weighted by atomic mass is 9.91. The normalized spacial score (nSPS) is 20.1. The predicted octanol–water partition coefficient (Wildman–Crippen LogP) is 2.74. The summed E-state index contributed by atoms with van der Waals surface area (Å²) in [7, 11) is 0. The standard InChI is InChI=1S/C19H32N2O5/c1-19(2,3)26-18(25)21-10-6-14(7-11-21)12-16(22)20-8-4-15(5-9-20)13-17(23)24/h14-15H,4-13H2,1-3H3,(H,23,24). The molecular formula is C19H32N2O5. The first kappa shape index (κ1) is 20.5. The molecule has 0 aromatic heterocycles. The summed E-state index contributed by atoms with van der Waals surface area (Å²) in [5.41, 5.74) is -0.489. The van der Waals surface area contributed by atoms with Crippen LogP contribution in [0.1, 0.15) is 59.3 Å². The highest BCUT2D eigenvalue weighted by Gasteiger charge is 2.30. The van der Waals surface area contributed by atoms with E-state index in [1.807, 2.05) is 25.7 Å². The molecule has 0 spiro atoms. The SMILES string of the molecule is CC(C)(C)OC(=O)N1CCC(CC(=O)N2CCC(CC(=O)O)CC2)CC1. The predicted molar refractivity (Wildman–Crippen MR) is 96.7 cm³/mol. The zero-order chi connectivity index (χ0) is 19.3. The Bertz CT molecular complexity index is 513. The molecule has 0 radical (unpaired) electrons. The summed E-state index contributed by atoms with van der Waals surface area (Å²) in [6.07, 6.45) is 3.63. The summed E-state index contributed by atoms with van der Waals surface area (Å²) >= 11 is 0. The Morgan fingerprint density at radius 2 is 1.35 bits per heavy atom. The zero-order valence-corrected chi connectivity index (χ0v) is 16.2. The third kappa shape index (κ3) is 6.50. The number of rotatable bonds is 4. The van der Waals surface area contributed by atoms with E-state index >= 15 is 0 Å². The zero-order valence-electron chi connectivity index (χ0n) is 16.2. The number of carbonyl (C=O) groups is 3. The first-order valence-electron chi connectivity index (χ1n) is 9.61. The highest BCUT2D eigenvalue weighted by molar-refractivity contribution is 5.76. The molecule has 2 amide bonds. The van der Waals surface area contributed by atoms with Crippen LogP contribution < -0.4 is 0 Å². The minimum Gasteiger partial charge on any atom is -0.481 e. The van der Waals surface area contributed by atoms with E-state index in [9.17, 15) is 14.4 Å². The molecule has 2 aliphatic heterocycles. The van der Waals surface area contributed by atoms with E-state index in [-0.39, 0.29) is 24.3 Å². The minimum atomic E-state index is -0.758. The number of hydrogen-bond donors (Lipinski definition) is 1. The van der Waals surface area contributed by atoms with E-state index in [0.717, 1.165) is 25.7 Å². The number of amides is 2. The van der Waals surface area contributed by atoms with Gasteiger partial charge < -0.3 is 19.6 Å². The monoisotopic (exact) mass is 368 g/mol. The molecule has 2 aliphatic rings. The van der Waals surface area contributed by atoms with Gasteiger partial charge in [-0.2, -0.15) is 0 Å². The van der Waals surface area contributed by atoms with E-state index in [2.05, 4.69) is 0 Å². The van der Waals surface area contributed by atoms with Gasteiger partial charge in [-0.3, -0.25) is 9.59 Å². The molecule has 0 aromatic rings. The van der Waals surface area contributed by atoms with Gasteiger partial charge in [0.25, 0.3) is 0 Å². The summed E-state index contributed by atoms with van der Waals surface area (Å²) in [5, 5.41) is 8.86. The Morgan fingerprint density at radius 3 is 1.81 bits per heavy atom.